The molecule has 0 aromatic rings. The number of carbonyl (C=O) groups excluding carboxylic acids is 1. The lowest BCUT2D eigenvalue weighted by Crippen LogP contribution is -2.40. The quantitative estimate of drug-likeness (QED) is 0.0498. The lowest BCUT2D eigenvalue weighted by molar-refractivity contribution is 0.0176. The number of carbonyl (C=O) groups is 1. The van der Waals surface area contributed by atoms with Crippen molar-refractivity contribution in [2.24, 2.45) is 44.4 Å². The van der Waals surface area contributed by atoms with E-state index in [0.717, 1.165) is 64.5 Å². The maximum Gasteiger partial charge on any atom is 0.558 e. The van der Waals surface area contributed by atoms with E-state index in [-0.39, 0.29) is 11.9 Å². The molecule has 0 heterocycles. The minimum atomic E-state index is -1.13. The van der Waals surface area contributed by atoms with Gasteiger partial charge in [-0.25, -0.2) is 9.98 Å². The first-order valence-electron chi connectivity index (χ1n) is 13.4. The van der Waals surface area contributed by atoms with Crippen LogP contribution in [0.25, 0.3) is 0 Å². The molecule has 0 saturated carbocycles. The van der Waals surface area contributed by atoms with Gasteiger partial charge >= 0.3 is 6.16 Å². The molecule has 0 radical (unpaired) electrons. The van der Waals surface area contributed by atoms with Crippen LogP contribution in [-0.2, 0) is 9.68 Å². The summed E-state index contributed by atoms with van der Waals surface area (Å²) in [5, 5.41) is 0. The number of nitrogens with zero attached hydrogens (tertiary/aromatic N) is 2. The molecule has 0 aliphatic heterocycles. The van der Waals surface area contributed by atoms with Crippen LogP contribution in [0, 0.1) is 0 Å². The second-order valence-electron chi connectivity index (χ2n) is 8.93. The average Bonchev–Trinajstić information content (AvgIpc) is 2.84. The number of hydrogen-bond acceptors (Lipinski definition) is 9. The average molecular weight is 517 g/mol. The zero-order valence-corrected chi connectivity index (χ0v) is 22.0. The summed E-state index contributed by atoms with van der Waals surface area (Å²) in [6, 6.07) is 0. The Morgan fingerprint density at radius 1 is 0.583 bits per heavy atom. The molecule has 0 aromatic carbocycles. The summed E-state index contributed by atoms with van der Waals surface area (Å²) in [6.45, 7) is 1.52. The highest BCUT2D eigenvalue weighted by atomic mass is 16.9. The Bertz CT molecular complexity index is 544. The van der Waals surface area contributed by atoms with Gasteiger partial charge in [-0.05, 0) is 51.6 Å². The molecular weight excluding hydrogens is 464 g/mol. The minimum absolute atomic E-state index is 0.135. The summed E-state index contributed by atoms with van der Waals surface area (Å²) < 4.78 is 0. The highest BCUT2D eigenvalue weighted by Gasteiger charge is 2.09. The van der Waals surface area contributed by atoms with Crippen LogP contribution < -0.4 is 45.4 Å². The van der Waals surface area contributed by atoms with Crippen molar-refractivity contribution in [2.75, 3.05) is 13.1 Å². The Kier molecular flexibility index (Phi) is 22.8. The number of rotatable bonds is 20. The number of nitrogens with two attached hydrogens (primary N) is 6. The van der Waals surface area contributed by atoms with Gasteiger partial charge in [-0.2, -0.15) is 15.8 Å². The largest absolute Gasteiger partial charge is 0.558 e. The van der Waals surface area contributed by atoms with Crippen molar-refractivity contribution in [3.05, 3.63) is 0 Å². The molecule has 0 bridgehead atoms. The molecule has 0 spiro atoms. The third-order valence-electron chi connectivity index (χ3n) is 5.50. The molecule has 0 aliphatic carbocycles. The van der Waals surface area contributed by atoms with Crippen LogP contribution in [0.15, 0.2) is 9.98 Å². The standard InChI is InChI=1S/C23H52N10O3/c24-17-13-9-5-1-3-7-11-15-19(26)30-21(28)32-35-23(34)36-33-22(29)31-20(27)16-12-8-4-2-6-10-14-18-25/h19-20H,1-18,24-27H2,(H3,28,30,32)(H3,29,31,33). The van der Waals surface area contributed by atoms with Gasteiger partial charge in [0.25, 0.3) is 0 Å². The molecule has 36 heavy (non-hydrogen) atoms. The molecule has 0 amide bonds. The van der Waals surface area contributed by atoms with Crippen molar-refractivity contribution < 1.29 is 14.5 Å². The normalized spacial score (nSPS) is 13.8. The van der Waals surface area contributed by atoms with Crippen molar-refractivity contribution in [1.82, 2.24) is 11.0 Å². The smallest absolute Gasteiger partial charge is 0.368 e. The zero-order valence-electron chi connectivity index (χ0n) is 22.0. The van der Waals surface area contributed by atoms with E-state index in [0.29, 0.717) is 12.8 Å². The summed E-state index contributed by atoms with van der Waals surface area (Å²) in [7, 11) is 0. The van der Waals surface area contributed by atoms with Gasteiger partial charge in [-0.1, -0.05) is 64.2 Å². The maximum absolute atomic E-state index is 11.6. The van der Waals surface area contributed by atoms with Crippen molar-refractivity contribution in [2.45, 2.75) is 115 Å². The van der Waals surface area contributed by atoms with E-state index in [4.69, 9.17) is 34.4 Å². The molecule has 0 rings (SSSR count). The first-order chi connectivity index (χ1) is 17.4. The lowest BCUT2D eigenvalue weighted by atomic mass is 10.1. The van der Waals surface area contributed by atoms with Crippen molar-refractivity contribution >= 4 is 18.1 Å². The molecule has 13 heteroatoms. The van der Waals surface area contributed by atoms with Crippen LogP contribution in [0.1, 0.15) is 103 Å². The van der Waals surface area contributed by atoms with Crippen LogP contribution >= 0.6 is 0 Å². The number of hydrogen-bond donors (Lipinski definition) is 8. The SMILES string of the molecule is NCCCCCCCCCC(N)N=C(N)NOC(=O)ONC(N)=NC(N)CCCCCCCCCN. The van der Waals surface area contributed by atoms with Crippen molar-refractivity contribution in [3.63, 3.8) is 0 Å². The molecule has 0 saturated heterocycles. The van der Waals surface area contributed by atoms with Crippen LogP contribution in [0.3, 0.4) is 0 Å². The Morgan fingerprint density at radius 2 is 0.889 bits per heavy atom. The maximum atomic E-state index is 11.6. The topological polar surface area (TPSA) is 240 Å². The van der Waals surface area contributed by atoms with E-state index >= 15 is 0 Å². The van der Waals surface area contributed by atoms with E-state index in [9.17, 15) is 4.79 Å². The summed E-state index contributed by atoms with van der Waals surface area (Å²) in [5.74, 6) is -0.270. The fourth-order valence-electron chi connectivity index (χ4n) is 3.51. The van der Waals surface area contributed by atoms with E-state index in [2.05, 4.69) is 30.6 Å². The third kappa shape index (κ3) is 23.4. The fraction of sp³-hybridized carbons (Fsp3) is 0.870. The van der Waals surface area contributed by atoms with Gasteiger partial charge in [0.1, 0.15) is 12.3 Å². The number of guanidine groups is 2. The number of nitrogens with one attached hydrogen (secondary N) is 2. The van der Waals surface area contributed by atoms with Crippen LogP contribution in [0.5, 0.6) is 0 Å². The first kappa shape index (κ1) is 33.7. The summed E-state index contributed by atoms with van der Waals surface area (Å²) >= 11 is 0. The first-order valence-corrected chi connectivity index (χ1v) is 13.4. The minimum Gasteiger partial charge on any atom is -0.368 e. The zero-order chi connectivity index (χ0) is 26.9. The molecule has 0 fully saturated rings. The molecule has 2 atom stereocenters. The molecule has 13 nitrogen and oxygen atoms in total. The molecular formula is C23H52N10O3. The Hall–Kier alpha value is -2.35. The molecule has 212 valence electrons. The summed E-state index contributed by atoms with van der Waals surface area (Å²) in [6.07, 6.45) is 15.0. The second-order valence-corrected chi connectivity index (χ2v) is 8.93. The summed E-state index contributed by atoms with van der Waals surface area (Å²) in [5.41, 5.74) is 38.5. The number of aliphatic imine (C=N–C) groups is 2. The lowest BCUT2D eigenvalue weighted by Gasteiger charge is -2.11. The van der Waals surface area contributed by atoms with Gasteiger partial charge in [-0.15, -0.1) is 0 Å². The predicted molar refractivity (Wildman–Crippen MR) is 145 cm³/mol. The number of unbranched alkanes of at least 4 members (excludes halogenated alkanes) is 12. The van der Waals surface area contributed by atoms with Gasteiger partial charge in [-0.3, -0.25) is 0 Å². The monoisotopic (exact) mass is 516 g/mol. The number of hydroxylamine groups is 2. The van der Waals surface area contributed by atoms with E-state index in [1.54, 1.807) is 0 Å². The Balaban J connectivity index is 3.87. The van der Waals surface area contributed by atoms with Crippen LogP contribution in [-0.4, -0.2) is 43.5 Å². The third-order valence-corrected chi connectivity index (χ3v) is 5.50. The fourth-order valence-corrected chi connectivity index (χ4v) is 3.51. The Labute approximate surface area is 216 Å². The summed E-state index contributed by atoms with van der Waals surface area (Å²) in [4.78, 5) is 29.0. The predicted octanol–water partition coefficient (Wildman–Crippen LogP) is 1.51. The van der Waals surface area contributed by atoms with E-state index in [1.165, 1.54) is 38.5 Å². The van der Waals surface area contributed by atoms with Gasteiger partial charge in [0.15, 0.2) is 0 Å². The van der Waals surface area contributed by atoms with Crippen LogP contribution in [0.2, 0.25) is 0 Å². The van der Waals surface area contributed by atoms with Gasteiger partial charge in [0, 0.05) is 0 Å². The molecule has 0 aliphatic rings. The van der Waals surface area contributed by atoms with Crippen molar-refractivity contribution in [1.29, 1.82) is 0 Å². The second kappa shape index (κ2) is 24.3. The van der Waals surface area contributed by atoms with Gasteiger partial charge < -0.3 is 44.1 Å². The highest BCUT2D eigenvalue weighted by molar-refractivity contribution is 5.79. The van der Waals surface area contributed by atoms with Crippen LogP contribution in [0.4, 0.5) is 4.79 Å². The van der Waals surface area contributed by atoms with E-state index < -0.39 is 18.5 Å². The van der Waals surface area contributed by atoms with E-state index in [1.807, 2.05) is 0 Å². The Morgan fingerprint density at radius 3 is 1.22 bits per heavy atom. The highest BCUT2D eigenvalue weighted by Crippen LogP contribution is 2.10. The molecule has 14 N–H and O–H groups in total. The van der Waals surface area contributed by atoms with Gasteiger partial charge in [0.2, 0.25) is 11.9 Å². The van der Waals surface area contributed by atoms with Gasteiger partial charge in [0.05, 0.1) is 0 Å². The van der Waals surface area contributed by atoms with Crippen molar-refractivity contribution in [3.8, 4) is 0 Å². The molecule has 2 unspecified atom stereocenters. The molecule has 0 aromatic heterocycles.